The zero-order chi connectivity index (χ0) is 21.7. The van der Waals surface area contributed by atoms with Crippen molar-refractivity contribution in [3.8, 4) is 11.5 Å². The van der Waals surface area contributed by atoms with E-state index in [0.717, 1.165) is 50.1 Å². The Balaban J connectivity index is 1.46. The van der Waals surface area contributed by atoms with Gasteiger partial charge in [0.25, 0.3) is 0 Å². The average molecular weight is 430 g/mol. The molecule has 2 aromatic carbocycles. The van der Waals surface area contributed by atoms with Gasteiger partial charge in [-0.15, -0.1) is 0 Å². The number of nitrogens with zero attached hydrogens (tertiary/aromatic N) is 3. The second kappa shape index (κ2) is 7.87. The molecule has 1 atom stereocenters. The van der Waals surface area contributed by atoms with Crippen molar-refractivity contribution in [2.45, 2.75) is 38.3 Å². The number of fused-ring (bicyclic) bond motifs is 5. The minimum absolute atomic E-state index is 0.255. The smallest absolute Gasteiger partial charge is 0.225 e. The van der Waals surface area contributed by atoms with Crippen molar-refractivity contribution in [3.05, 3.63) is 53.9 Å². The van der Waals surface area contributed by atoms with Crippen LogP contribution in [0.25, 0.3) is 33.3 Å². The van der Waals surface area contributed by atoms with Crippen LogP contribution >= 0.6 is 0 Å². The molecule has 1 fully saturated rings. The standard InChI is InChI=1S/C26H27N3O3/c1-31-18-3-2-11-28(16-18)12-13-29-22-7-4-17(26-27-10-14-32-26)15-21(22)25-20-6-9-24(30)19(20)5-8-23(25)29/h4-5,7-8,10,14-15,18H,2-3,6,9,11-13,16H2,1H3. The highest BCUT2D eigenvalue weighted by Crippen LogP contribution is 2.38. The van der Waals surface area contributed by atoms with Crippen LogP contribution in [0.2, 0.25) is 0 Å². The van der Waals surface area contributed by atoms with Gasteiger partial charge in [0.2, 0.25) is 5.89 Å². The summed E-state index contributed by atoms with van der Waals surface area (Å²) in [7, 11) is 1.81. The van der Waals surface area contributed by atoms with Crippen molar-refractivity contribution >= 4 is 27.6 Å². The van der Waals surface area contributed by atoms with Crippen molar-refractivity contribution in [2.75, 3.05) is 26.7 Å². The van der Waals surface area contributed by atoms with Gasteiger partial charge in [-0.2, -0.15) is 0 Å². The second-order valence-electron chi connectivity index (χ2n) is 8.93. The van der Waals surface area contributed by atoms with Crippen molar-refractivity contribution in [1.29, 1.82) is 0 Å². The van der Waals surface area contributed by atoms with E-state index in [2.05, 4.69) is 38.7 Å². The normalized spacial score (nSPS) is 19.3. The van der Waals surface area contributed by atoms with Gasteiger partial charge in [0, 0.05) is 66.1 Å². The maximum absolute atomic E-state index is 12.4. The Morgan fingerprint density at radius 1 is 1.16 bits per heavy atom. The van der Waals surface area contributed by atoms with E-state index in [9.17, 15) is 4.79 Å². The largest absolute Gasteiger partial charge is 0.445 e. The van der Waals surface area contributed by atoms with Crippen LogP contribution in [0.15, 0.2) is 47.2 Å². The number of ether oxygens (including phenoxy) is 1. The summed E-state index contributed by atoms with van der Waals surface area (Å²) < 4.78 is 13.6. The molecule has 164 valence electrons. The van der Waals surface area contributed by atoms with Crippen molar-refractivity contribution in [3.63, 3.8) is 0 Å². The van der Waals surface area contributed by atoms with Crippen molar-refractivity contribution < 1.29 is 13.9 Å². The number of carbonyl (C=O) groups excluding carboxylic acids is 1. The molecule has 1 aliphatic carbocycles. The number of piperidine rings is 1. The molecule has 0 bridgehead atoms. The van der Waals surface area contributed by atoms with Crippen LogP contribution in [0.1, 0.15) is 35.2 Å². The molecule has 1 unspecified atom stereocenters. The second-order valence-corrected chi connectivity index (χ2v) is 8.93. The van der Waals surface area contributed by atoms with Gasteiger partial charge < -0.3 is 13.7 Å². The number of oxazole rings is 1. The van der Waals surface area contributed by atoms with Gasteiger partial charge in [0.1, 0.15) is 6.26 Å². The van der Waals surface area contributed by atoms with Crippen LogP contribution in [0, 0.1) is 0 Å². The average Bonchev–Trinajstić information content (AvgIpc) is 3.56. The monoisotopic (exact) mass is 429 g/mol. The van der Waals surface area contributed by atoms with Crippen LogP contribution in [-0.4, -0.2) is 53.1 Å². The van der Waals surface area contributed by atoms with E-state index in [-0.39, 0.29) is 5.78 Å². The van der Waals surface area contributed by atoms with Crippen LogP contribution in [0.3, 0.4) is 0 Å². The predicted molar refractivity (Wildman–Crippen MR) is 124 cm³/mol. The van der Waals surface area contributed by atoms with Gasteiger partial charge in [-0.3, -0.25) is 9.69 Å². The highest BCUT2D eigenvalue weighted by Gasteiger charge is 2.26. The molecular weight excluding hydrogens is 402 g/mol. The fourth-order valence-electron chi connectivity index (χ4n) is 5.55. The highest BCUT2D eigenvalue weighted by atomic mass is 16.5. The van der Waals surface area contributed by atoms with Gasteiger partial charge in [0.15, 0.2) is 5.78 Å². The molecule has 6 heteroatoms. The van der Waals surface area contributed by atoms with E-state index in [0.29, 0.717) is 18.4 Å². The number of aryl methyl sites for hydroxylation is 1. The fraction of sp³-hybridized carbons (Fsp3) is 0.385. The number of benzene rings is 2. The van der Waals surface area contributed by atoms with Gasteiger partial charge in [0.05, 0.1) is 12.3 Å². The molecule has 2 aromatic heterocycles. The maximum atomic E-state index is 12.4. The van der Waals surface area contributed by atoms with E-state index < -0.39 is 0 Å². The first-order chi connectivity index (χ1) is 15.7. The minimum Gasteiger partial charge on any atom is -0.445 e. The molecule has 0 amide bonds. The third-order valence-corrected chi connectivity index (χ3v) is 7.16. The lowest BCUT2D eigenvalue weighted by Crippen LogP contribution is -2.40. The SMILES string of the molecule is COC1CCCN(CCn2c3ccc(-c4ncco4)cc3c3c4c(ccc32)C(=O)CC4)C1. The van der Waals surface area contributed by atoms with E-state index in [4.69, 9.17) is 9.15 Å². The first kappa shape index (κ1) is 19.7. The first-order valence-corrected chi connectivity index (χ1v) is 11.5. The molecule has 32 heavy (non-hydrogen) atoms. The summed E-state index contributed by atoms with van der Waals surface area (Å²) in [6.07, 6.45) is 7.35. The van der Waals surface area contributed by atoms with Crippen LogP contribution < -0.4 is 0 Å². The van der Waals surface area contributed by atoms with Crippen molar-refractivity contribution in [2.24, 2.45) is 0 Å². The van der Waals surface area contributed by atoms with Crippen LogP contribution in [0.4, 0.5) is 0 Å². The Kier molecular flexibility index (Phi) is 4.85. The Morgan fingerprint density at radius 2 is 2.06 bits per heavy atom. The summed E-state index contributed by atoms with van der Waals surface area (Å²) in [5, 5.41) is 2.39. The van der Waals surface area contributed by atoms with Gasteiger partial charge in [-0.05, 0) is 61.7 Å². The molecule has 1 aliphatic heterocycles. The van der Waals surface area contributed by atoms with Crippen LogP contribution in [0.5, 0.6) is 0 Å². The molecular formula is C26H27N3O3. The van der Waals surface area contributed by atoms with E-state index in [1.165, 1.54) is 33.8 Å². The summed E-state index contributed by atoms with van der Waals surface area (Å²) in [5.74, 6) is 0.876. The van der Waals surface area contributed by atoms with E-state index in [1.807, 2.05) is 13.2 Å². The molecule has 4 aromatic rings. The number of aromatic nitrogens is 2. The number of likely N-dealkylation sites (tertiary alicyclic amines) is 1. The Hall–Kier alpha value is -2.96. The zero-order valence-electron chi connectivity index (χ0n) is 18.3. The summed E-state index contributed by atoms with van der Waals surface area (Å²) >= 11 is 0. The number of methoxy groups -OCH3 is 1. The molecule has 3 heterocycles. The van der Waals surface area contributed by atoms with Gasteiger partial charge >= 0.3 is 0 Å². The Bertz CT molecular complexity index is 1310. The summed E-state index contributed by atoms with van der Waals surface area (Å²) in [6.45, 7) is 4.00. The molecule has 6 nitrogen and oxygen atoms in total. The Labute approximate surface area is 186 Å². The summed E-state index contributed by atoms with van der Waals surface area (Å²) in [6, 6.07) is 10.6. The maximum Gasteiger partial charge on any atom is 0.225 e. The fourth-order valence-corrected chi connectivity index (χ4v) is 5.55. The number of ketones is 1. The molecule has 6 rings (SSSR count). The van der Waals surface area contributed by atoms with Gasteiger partial charge in [-0.1, -0.05) is 0 Å². The quantitative estimate of drug-likeness (QED) is 0.461. The number of carbonyl (C=O) groups is 1. The summed E-state index contributed by atoms with van der Waals surface area (Å²) in [5.41, 5.74) is 5.44. The zero-order valence-corrected chi connectivity index (χ0v) is 18.3. The molecule has 0 N–H and O–H groups in total. The minimum atomic E-state index is 0.255. The third kappa shape index (κ3) is 3.17. The Morgan fingerprint density at radius 3 is 2.91 bits per heavy atom. The summed E-state index contributed by atoms with van der Waals surface area (Å²) in [4.78, 5) is 19.3. The lowest BCUT2D eigenvalue weighted by molar-refractivity contribution is 0.0305. The molecule has 2 aliphatic rings. The predicted octanol–water partition coefficient (Wildman–Crippen LogP) is 4.69. The van der Waals surface area contributed by atoms with E-state index in [1.54, 1.807) is 12.5 Å². The first-order valence-electron chi connectivity index (χ1n) is 11.5. The van der Waals surface area contributed by atoms with E-state index >= 15 is 0 Å². The number of hydrogen-bond acceptors (Lipinski definition) is 5. The molecule has 0 radical (unpaired) electrons. The van der Waals surface area contributed by atoms with Gasteiger partial charge in [-0.25, -0.2) is 4.98 Å². The molecule has 0 spiro atoms. The molecule has 1 saturated heterocycles. The number of hydrogen-bond donors (Lipinski definition) is 0. The number of Topliss-reactive ketones (excluding diaryl/α,β-unsaturated/α-hetero) is 1. The van der Waals surface area contributed by atoms with Crippen molar-refractivity contribution in [1.82, 2.24) is 14.5 Å². The third-order valence-electron chi connectivity index (χ3n) is 7.16. The van der Waals surface area contributed by atoms with Crippen LogP contribution in [-0.2, 0) is 17.7 Å². The number of rotatable bonds is 5. The highest BCUT2D eigenvalue weighted by molar-refractivity contribution is 6.15. The topological polar surface area (TPSA) is 60.5 Å². The lowest BCUT2D eigenvalue weighted by atomic mass is 10.0. The lowest BCUT2D eigenvalue weighted by Gasteiger charge is -2.32. The molecule has 0 saturated carbocycles.